The molecule has 7 nitrogen and oxygen atoms in total. The third kappa shape index (κ3) is 3.54. The highest BCUT2D eigenvalue weighted by Crippen LogP contribution is 2.11. The standard InChI is InChI=1S/C11H18N4O3S/c1-19(17,18)7-2-9(12)11(16)15-6-5-14-4-3-13-10(14)8-15/h3-4,9H,2,5-8,12H2,1H3. The van der Waals surface area contributed by atoms with E-state index in [0.29, 0.717) is 19.6 Å². The number of rotatable bonds is 4. The van der Waals surface area contributed by atoms with Crippen LogP contribution in [0.2, 0.25) is 0 Å². The first-order chi connectivity index (χ1) is 8.87. The first kappa shape index (κ1) is 14.0. The van der Waals surface area contributed by atoms with Gasteiger partial charge in [-0.3, -0.25) is 4.79 Å². The van der Waals surface area contributed by atoms with Crippen LogP contribution in [-0.4, -0.2) is 53.4 Å². The molecule has 106 valence electrons. The number of sulfone groups is 1. The molecule has 0 radical (unpaired) electrons. The van der Waals surface area contributed by atoms with Crippen LogP contribution < -0.4 is 5.73 Å². The highest BCUT2D eigenvalue weighted by atomic mass is 32.2. The summed E-state index contributed by atoms with van der Waals surface area (Å²) in [6.07, 6.45) is 4.87. The molecule has 0 saturated carbocycles. The Kier molecular flexibility index (Phi) is 3.91. The van der Waals surface area contributed by atoms with Gasteiger partial charge in [0.15, 0.2) is 0 Å². The number of aromatic nitrogens is 2. The lowest BCUT2D eigenvalue weighted by Gasteiger charge is -2.29. The number of hydrogen-bond acceptors (Lipinski definition) is 5. The molecule has 1 aromatic heterocycles. The topological polar surface area (TPSA) is 98.3 Å². The minimum atomic E-state index is -3.09. The number of carbonyl (C=O) groups excluding carboxylic acids is 1. The second-order valence-corrected chi connectivity index (χ2v) is 7.08. The van der Waals surface area contributed by atoms with Gasteiger partial charge in [0.2, 0.25) is 5.91 Å². The van der Waals surface area contributed by atoms with E-state index in [4.69, 9.17) is 5.73 Å². The van der Waals surface area contributed by atoms with Crippen molar-refractivity contribution in [1.29, 1.82) is 0 Å². The van der Waals surface area contributed by atoms with Gasteiger partial charge in [0, 0.05) is 31.7 Å². The summed E-state index contributed by atoms with van der Waals surface area (Å²) in [5.41, 5.74) is 5.77. The van der Waals surface area contributed by atoms with Crippen LogP contribution in [-0.2, 0) is 27.7 Å². The highest BCUT2D eigenvalue weighted by Gasteiger charge is 2.25. The van der Waals surface area contributed by atoms with Gasteiger partial charge in [0.1, 0.15) is 15.7 Å². The monoisotopic (exact) mass is 286 g/mol. The van der Waals surface area contributed by atoms with Gasteiger partial charge in [-0.2, -0.15) is 0 Å². The molecule has 8 heteroatoms. The summed E-state index contributed by atoms with van der Waals surface area (Å²) in [5.74, 6) is 0.551. The van der Waals surface area contributed by atoms with Gasteiger partial charge >= 0.3 is 0 Å². The lowest BCUT2D eigenvalue weighted by atomic mass is 10.2. The van der Waals surface area contributed by atoms with Crippen LogP contribution in [0.1, 0.15) is 12.2 Å². The van der Waals surface area contributed by atoms with Gasteiger partial charge in [0.05, 0.1) is 18.3 Å². The van der Waals surface area contributed by atoms with Crippen LogP contribution in [0, 0.1) is 0 Å². The van der Waals surface area contributed by atoms with E-state index in [0.717, 1.165) is 12.1 Å². The molecule has 1 aliphatic heterocycles. The maximum atomic E-state index is 12.1. The normalized spacial score (nSPS) is 17.1. The predicted octanol–water partition coefficient (Wildman–Crippen LogP) is -1.01. The molecule has 2 rings (SSSR count). The van der Waals surface area contributed by atoms with Crippen molar-refractivity contribution in [3.8, 4) is 0 Å². The molecule has 1 unspecified atom stereocenters. The first-order valence-corrected chi connectivity index (χ1v) is 8.15. The Morgan fingerprint density at radius 2 is 2.26 bits per heavy atom. The fraction of sp³-hybridized carbons (Fsp3) is 0.636. The van der Waals surface area contributed by atoms with Gasteiger partial charge in [-0.25, -0.2) is 13.4 Å². The summed E-state index contributed by atoms with van der Waals surface area (Å²) in [6.45, 7) is 1.70. The van der Waals surface area contributed by atoms with E-state index in [1.54, 1.807) is 11.1 Å². The van der Waals surface area contributed by atoms with E-state index >= 15 is 0 Å². The summed E-state index contributed by atoms with van der Waals surface area (Å²) >= 11 is 0. The van der Waals surface area contributed by atoms with Crippen LogP contribution in [0.25, 0.3) is 0 Å². The van der Waals surface area contributed by atoms with Crippen LogP contribution in [0.4, 0.5) is 0 Å². The van der Waals surface area contributed by atoms with Crippen molar-refractivity contribution in [3.05, 3.63) is 18.2 Å². The van der Waals surface area contributed by atoms with Crippen molar-refractivity contribution in [3.63, 3.8) is 0 Å². The van der Waals surface area contributed by atoms with Crippen LogP contribution in [0.3, 0.4) is 0 Å². The molecule has 0 aromatic carbocycles. The lowest BCUT2D eigenvalue weighted by Crippen LogP contribution is -2.47. The maximum absolute atomic E-state index is 12.1. The summed E-state index contributed by atoms with van der Waals surface area (Å²) in [6, 6.07) is -0.767. The Morgan fingerprint density at radius 3 is 2.95 bits per heavy atom. The average molecular weight is 286 g/mol. The molecule has 19 heavy (non-hydrogen) atoms. The molecule has 2 heterocycles. The summed E-state index contributed by atoms with van der Waals surface area (Å²) < 4.78 is 24.1. The third-order valence-electron chi connectivity index (χ3n) is 3.17. The molecular formula is C11H18N4O3S. The molecule has 0 aliphatic carbocycles. The Labute approximate surface area is 112 Å². The smallest absolute Gasteiger partial charge is 0.239 e. The fourth-order valence-electron chi connectivity index (χ4n) is 2.06. The van der Waals surface area contributed by atoms with Gasteiger partial charge in [-0.15, -0.1) is 0 Å². The Hall–Kier alpha value is -1.41. The van der Waals surface area contributed by atoms with E-state index in [1.807, 2.05) is 10.8 Å². The number of hydrogen-bond donors (Lipinski definition) is 1. The van der Waals surface area contributed by atoms with Gasteiger partial charge < -0.3 is 15.2 Å². The van der Waals surface area contributed by atoms with E-state index in [1.165, 1.54) is 0 Å². The highest BCUT2D eigenvalue weighted by molar-refractivity contribution is 7.90. The number of carbonyl (C=O) groups is 1. The van der Waals surface area contributed by atoms with E-state index in [-0.39, 0.29) is 18.1 Å². The second kappa shape index (κ2) is 5.30. The minimum absolute atomic E-state index is 0.0671. The van der Waals surface area contributed by atoms with Gasteiger partial charge in [-0.05, 0) is 6.42 Å². The maximum Gasteiger partial charge on any atom is 0.239 e. The molecule has 1 atom stereocenters. The van der Waals surface area contributed by atoms with Crippen LogP contribution in [0.15, 0.2) is 12.4 Å². The molecule has 1 aliphatic rings. The quantitative estimate of drug-likeness (QED) is 0.764. The Balaban J connectivity index is 1.94. The van der Waals surface area contributed by atoms with Crippen molar-refractivity contribution < 1.29 is 13.2 Å². The molecule has 0 spiro atoms. The van der Waals surface area contributed by atoms with Crippen molar-refractivity contribution in [1.82, 2.24) is 14.5 Å². The van der Waals surface area contributed by atoms with Crippen molar-refractivity contribution >= 4 is 15.7 Å². The molecule has 2 N–H and O–H groups in total. The largest absolute Gasteiger partial charge is 0.332 e. The predicted molar refractivity (Wildman–Crippen MR) is 69.9 cm³/mol. The number of imidazole rings is 1. The molecule has 1 amide bonds. The van der Waals surface area contributed by atoms with Crippen LogP contribution >= 0.6 is 0 Å². The molecule has 1 aromatic rings. The molecule has 0 saturated heterocycles. The first-order valence-electron chi connectivity index (χ1n) is 6.09. The molecule has 0 bridgehead atoms. The minimum Gasteiger partial charge on any atom is -0.332 e. The number of nitrogens with zero attached hydrogens (tertiary/aromatic N) is 3. The second-order valence-electron chi connectivity index (χ2n) is 4.82. The number of amides is 1. The molecular weight excluding hydrogens is 268 g/mol. The zero-order valence-electron chi connectivity index (χ0n) is 10.8. The lowest BCUT2D eigenvalue weighted by molar-refractivity contribution is -0.134. The Bertz CT molecular complexity index is 566. The SMILES string of the molecule is CS(=O)(=O)CCC(N)C(=O)N1CCn2ccnc2C1. The van der Waals surface area contributed by atoms with E-state index in [9.17, 15) is 13.2 Å². The Morgan fingerprint density at radius 1 is 1.53 bits per heavy atom. The van der Waals surface area contributed by atoms with Crippen molar-refractivity contribution in [2.24, 2.45) is 5.73 Å². The zero-order chi connectivity index (χ0) is 14.0. The number of fused-ring (bicyclic) bond motifs is 1. The summed E-state index contributed by atoms with van der Waals surface area (Å²) in [4.78, 5) is 17.9. The zero-order valence-corrected chi connectivity index (χ0v) is 11.6. The van der Waals surface area contributed by atoms with Gasteiger partial charge in [0.25, 0.3) is 0 Å². The third-order valence-corrected chi connectivity index (χ3v) is 4.15. The van der Waals surface area contributed by atoms with Crippen LogP contribution in [0.5, 0.6) is 0 Å². The van der Waals surface area contributed by atoms with Crippen molar-refractivity contribution in [2.45, 2.75) is 25.6 Å². The summed E-state index contributed by atoms with van der Waals surface area (Å²) in [7, 11) is -3.09. The average Bonchev–Trinajstić information content (AvgIpc) is 2.81. The van der Waals surface area contributed by atoms with E-state index in [2.05, 4.69) is 4.98 Å². The summed E-state index contributed by atoms with van der Waals surface area (Å²) in [5, 5.41) is 0. The number of nitrogens with two attached hydrogens (primary N) is 1. The fourth-order valence-corrected chi connectivity index (χ4v) is 2.74. The molecule has 0 fully saturated rings. The van der Waals surface area contributed by atoms with Crippen molar-refractivity contribution in [2.75, 3.05) is 18.6 Å². The van der Waals surface area contributed by atoms with Gasteiger partial charge in [-0.1, -0.05) is 0 Å². The van der Waals surface area contributed by atoms with E-state index < -0.39 is 15.9 Å².